The molecule has 0 saturated carbocycles. The fraction of sp³-hybridized carbons (Fsp3) is 0.250. The van der Waals surface area contributed by atoms with Crippen LogP contribution in [0.1, 0.15) is 31.4 Å². The summed E-state index contributed by atoms with van der Waals surface area (Å²) in [7, 11) is 0. The van der Waals surface area contributed by atoms with E-state index in [1.54, 1.807) is 12.1 Å². The minimum Gasteiger partial charge on any atom is -0.363 e. The Labute approximate surface area is 150 Å². The first kappa shape index (κ1) is 16.4. The molecule has 1 aliphatic rings. The highest BCUT2D eigenvalue weighted by Gasteiger charge is 2.21. The van der Waals surface area contributed by atoms with Crippen LogP contribution in [0.25, 0.3) is 10.9 Å². The van der Waals surface area contributed by atoms with Crippen LogP contribution in [0, 0.1) is 5.82 Å². The van der Waals surface area contributed by atoms with E-state index in [2.05, 4.69) is 15.3 Å². The normalized spacial score (nSPS) is 15.5. The Hall–Kier alpha value is -3.02. The van der Waals surface area contributed by atoms with E-state index in [-0.39, 0.29) is 17.8 Å². The van der Waals surface area contributed by atoms with Crippen molar-refractivity contribution < 1.29 is 9.18 Å². The van der Waals surface area contributed by atoms with Gasteiger partial charge in [0.05, 0.1) is 0 Å². The molecule has 0 aliphatic carbocycles. The summed E-state index contributed by atoms with van der Waals surface area (Å²) in [6.07, 6.45) is 2.90. The van der Waals surface area contributed by atoms with E-state index in [4.69, 9.17) is 0 Å². The van der Waals surface area contributed by atoms with Crippen LogP contribution >= 0.6 is 0 Å². The van der Waals surface area contributed by atoms with E-state index in [1.165, 1.54) is 12.4 Å². The van der Waals surface area contributed by atoms with Gasteiger partial charge in [-0.25, -0.2) is 14.4 Å². The van der Waals surface area contributed by atoms with Crippen molar-refractivity contribution in [2.75, 3.05) is 16.8 Å². The van der Waals surface area contributed by atoms with Crippen LogP contribution in [0.4, 0.5) is 15.9 Å². The molecule has 0 bridgehead atoms. The fourth-order valence-corrected chi connectivity index (χ4v) is 3.32. The number of halogens is 1. The Balaban J connectivity index is 1.56. The second-order valence-electron chi connectivity index (χ2n) is 6.46. The van der Waals surface area contributed by atoms with Crippen LogP contribution in [0.5, 0.6) is 0 Å². The molecule has 1 amide bonds. The Morgan fingerprint density at radius 1 is 1.15 bits per heavy atom. The molecule has 1 aromatic heterocycles. The third-order valence-corrected chi connectivity index (χ3v) is 4.75. The van der Waals surface area contributed by atoms with Crippen molar-refractivity contribution in [3.05, 3.63) is 60.2 Å². The monoisotopic (exact) mass is 350 g/mol. The Morgan fingerprint density at radius 3 is 2.69 bits per heavy atom. The van der Waals surface area contributed by atoms with Gasteiger partial charge in [0.15, 0.2) is 0 Å². The molecular formula is C20H19FN4O. The van der Waals surface area contributed by atoms with Gasteiger partial charge in [-0.05, 0) is 43.2 Å². The third-order valence-electron chi connectivity index (χ3n) is 4.75. The lowest BCUT2D eigenvalue weighted by Crippen LogP contribution is -2.23. The average Bonchev–Trinajstić information content (AvgIpc) is 3.09. The van der Waals surface area contributed by atoms with E-state index >= 15 is 0 Å². The van der Waals surface area contributed by atoms with Gasteiger partial charge in [-0.1, -0.05) is 18.2 Å². The van der Waals surface area contributed by atoms with Crippen LogP contribution < -0.4 is 10.2 Å². The molecule has 4 rings (SSSR count). The number of carbonyl (C=O) groups excluding carboxylic acids is 1. The zero-order chi connectivity index (χ0) is 18.1. The second kappa shape index (κ2) is 6.71. The molecule has 1 saturated heterocycles. The van der Waals surface area contributed by atoms with Crippen LogP contribution in [0.3, 0.4) is 0 Å². The van der Waals surface area contributed by atoms with Crippen LogP contribution in [0.15, 0.2) is 48.8 Å². The number of hydrogen-bond donors (Lipinski definition) is 1. The van der Waals surface area contributed by atoms with Crippen molar-refractivity contribution in [2.45, 2.75) is 25.8 Å². The van der Waals surface area contributed by atoms with Crippen LogP contribution in [-0.2, 0) is 4.79 Å². The van der Waals surface area contributed by atoms with Gasteiger partial charge >= 0.3 is 0 Å². The van der Waals surface area contributed by atoms with Gasteiger partial charge in [0.25, 0.3) is 0 Å². The van der Waals surface area contributed by atoms with Crippen LogP contribution in [0.2, 0.25) is 0 Å². The molecule has 1 N–H and O–H groups in total. The number of nitrogens with one attached hydrogen (secondary N) is 1. The highest BCUT2D eigenvalue weighted by atomic mass is 19.1. The summed E-state index contributed by atoms with van der Waals surface area (Å²) in [6.45, 7) is 2.80. The molecule has 132 valence electrons. The van der Waals surface area contributed by atoms with E-state index in [0.29, 0.717) is 23.1 Å². The van der Waals surface area contributed by atoms with Crippen LogP contribution in [-0.4, -0.2) is 22.4 Å². The van der Waals surface area contributed by atoms with Gasteiger partial charge < -0.3 is 10.2 Å². The number of para-hydroxylation sites is 1. The molecule has 3 aromatic rings. The summed E-state index contributed by atoms with van der Waals surface area (Å²) in [5.74, 6) is 0.416. The number of hydrogen-bond acceptors (Lipinski definition) is 4. The number of nitrogens with zero attached hydrogens (tertiary/aromatic N) is 3. The number of rotatable bonds is 4. The number of benzene rings is 2. The zero-order valence-electron chi connectivity index (χ0n) is 14.4. The Morgan fingerprint density at radius 2 is 1.96 bits per heavy atom. The summed E-state index contributed by atoms with van der Waals surface area (Å²) in [4.78, 5) is 22.0. The van der Waals surface area contributed by atoms with Crippen molar-refractivity contribution in [1.82, 2.24) is 9.97 Å². The highest BCUT2D eigenvalue weighted by Crippen LogP contribution is 2.27. The van der Waals surface area contributed by atoms with Gasteiger partial charge in [-0.15, -0.1) is 0 Å². The first-order chi connectivity index (χ1) is 12.6. The Kier molecular flexibility index (Phi) is 4.24. The lowest BCUT2D eigenvalue weighted by Gasteiger charge is -2.19. The van der Waals surface area contributed by atoms with E-state index in [1.807, 2.05) is 36.1 Å². The number of aromatic nitrogens is 2. The summed E-state index contributed by atoms with van der Waals surface area (Å²) in [6, 6.07) is 12.8. The molecule has 5 nitrogen and oxygen atoms in total. The quantitative estimate of drug-likeness (QED) is 0.771. The minimum absolute atomic E-state index is 0.0281. The smallest absolute Gasteiger partial charge is 0.227 e. The molecule has 0 radical (unpaired) electrons. The van der Waals surface area contributed by atoms with Gasteiger partial charge in [0.1, 0.15) is 23.5 Å². The predicted octanol–water partition coefficient (Wildman–Crippen LogP) is 4.07. The zero-order valence-corrected chi connectivity index (χ0v) is 14.4. The fourth-order valence-electron chi connectivity index (χ4n) is 3.32. The lowest BCUT2D eigenvalue weighted by molar-refractivity contribution is -0.117. The minimum atomic E-state index is -0.361. The van der Waals surface area contributed by atoms with Gasteiger partial charge in [-0.3, -0.25) is 4.79 Å². The molecule has 2 aromatic carbocycles. The van der Waals surface area contributed by atoms with Crippen molar-refractivity contribution in [3.8, 4) is 0 Å². The van der Waals surface area contributed by atoms with Crippen molar-refractivity contribution in [3.63, 3.8) is 0 Å². The SMILES string of the molecule is C[C@@H](Nc1ncnc2c(F)cccc12)c1ccc(N2CCCC2=O)cc1. The maximum Gasteiger partial charge on any atom is 0.227 e. The summed E-state index contributed by atoms with van der Waals surface area (Å²) >= 11 is 0. The van der Waals surface area contributed by atoms with E-state index < -0.39 is 0 Å². The van der Waals surface area contributed by atoms with E-state index in [9.17, 15) is 9.18 Å². The summed E-state index contributed by atoms with van der Waals surface area (Å²) < 4.78 is 13.9. The number of carbonyl (C=O) groups is 1. The topological polar surface area (TPSA) is 58.1 Å². The standard InChI is InChI=1S/C20H19FN4O/c1-13(14-7-9-15(10-8-14)25-11-3-6-18(25)26)24-20-16-4-2-5-17(21)19(16)22-12-23-20/h2,4-5,7-10,12-13H,3,6,11H2,1H3,(H,22,23,24)/t13-/m1/s1. The Bertz CT molecular complexity index is 958. The molecule has 6 heteroatoms. The highest BCUT2D eigenvalue weighted by molar-refractivity contribution is 5.95. The van der Waals surface area contributed by atoms with E-state index in [0.717, 1.165) is 24.2 Å². The summed E-state index contributed by atoms with van der Waals surface area (Å²) in [5, 5.41) is 3.98. The third kappa shape index (κ3) is 2.98. The first-order valence-electron chi connectivity index (χ1n) is 8.69. The molecule has 1 atom stereocenters. The molecule has 26 heavy (non-hydrogen) atoms. The molecule has 0 spiro atoms. The van der Waals surface area contributed by atoms with Crippen molar-refractivity contribution in [2.24, 2.45) is 0 Å². The molecule has 1 fully saturated rings. The maximum atomic E-state index is 13.9. The van der Waals surface area contributed by atoms with Gasteiger partial charge in [-0.2, -0.15) is 0 Å². The predicted molar refractivity (Wildman–Crippen MR) is 99.6 cm³/mol. The second-order valence-corrected chi connectivity index (χ2v) is 6.46. The average molecular weight is 350 g/mol. The largest absolute Gasteiger partial charge is 0.363 e. The summed E-state index contributed by atoms with van der Waals surface area (Å²) in [5.41, 5.74) is 2.29. The van der Waals surface area contributed by atoms with Crippen molar-refractivity contribution >= 4 is 28.3 Å². The molecule has 0 unspecified atom stereocenters. The molecular weight excluding hydrogens is 331 g/mol. The first-order valence-corrected chi connectivity index (χ1v) is 8.69. The van der Waals surface area contributed by atoms with Crippen molar-refractivity contribution in [1.29, 1.82) is 0 Å². The molecule has 1 aliphatic heterocycles. The number of anilines is 2. The number of amides is 1. The molecule has 2 heterocycles. The van der Waals surface area contributed by atoms with Gasteiger partial charge in [0.2, 0.25) is 5.91 Å². The number of fused-ring (bicyclic) bond motifs is 1. The lowest BCUT2D eigenvalue weighted by atomic mass is 10.1. The van der Waals surface area contributed by atoms with Gasteiger partial charge in [0, 0.05) is 30.1 Å². The maximum absolute atomic E-state index is 13.9.